The van der Waals surface area contributed by atoms with Crippen molar-refractivity contribution in [1.82, 2.24) is 35.2 Å². The van der Waals surface area contributed by atoms with E-state index in [4.69, 9.17) is 21.3 Å². The second-order valence-electron chi connectivity index (χ2n) is 11.1. The van der Waals surface area contributed by atoms with E-state index < -0.39 is 11.7 Å². The lowest BCUT2D eigenvalue weighted by Gasteiger charge is -2.41. The summed E-state index contributed by atoms with van der Waals surface area (Å²) in [5.41, 5.74) is 6.35. The molecule has 2 aliphatic rings. The molecule has 0 aliphatic carbocycles. The molecule has 5 aromatic rings. The van der Waals surface area contributed by atoms with E-state index in [0.717, 1.165) is 65.9 Å². The highest BCUT2D eigenvalue weighted by molar-refractivity contribution is 6.33. The molecule has 12 heteroatoms. The monoisotopic (exact) mass is 588 g/mol. The van der Waals surface area contributed by atoms with Crippen LogP contribution in [0.1, 0.15) is 36.5 Å². The first-order valence-corrected chi connectivity index (χ1v) is 14.5. The quantitative estimate of drug-likeness (QED) is 0.284. The number of rotatable bonds is 6. The number of aromatic nitrogens is 5. The Morgan fingerprint density at radius 1 is 1.19 bits per heavy atom. The fourth-order valence-electron chi connectivity index (χ4n) is 6.42. The van der Waals surface area contributed by atoms with Crippen LogP contribution in [0, 0.1) is 11.2 Å². The van der Waals surface area contributed by atoms with Gasteiger partial charge in [0.15, 0.2) is 5.65 Å². The standard InChI is InChI=1S/C30H30ClFN8O2/c1-2-42-20-13-21(27-22-15-34-35-28(22)36-40(27)16-20)19-7-8-25(33-14-19)38-11-4-9-30(17-38)10-12-39(18-30)37-29(41)26-23(31)5-3-6-24(26)32/h3,5-8,13-16H,2,4,9-12,17-18H2,1H3,(H,35,36)(H,37,41). The van der Waals surface area contributed by atoms with E-state index in [1.807, 2.05) is 34.9 Å². The number of amides is 1. The van der Waals surface area contributed by atoms with Gasteiger partial charge in [0.2, 0.25) is 0 Å². The molecular weight excluding hydrogens is 559 g/mol. The Morgan fingerprint density at radius 2 is 2.10 bits per heavy atom. The number of hydrogen-bond acceptors (Lipinski definition) is 7. The van der Waals surface area contributed by atoms with Crippen molar-refractivity contribution in [2.75, 3.05) is 37.7 Å². The maximum atomic E-state index is 14.3. The van der Waals surface area contributed by atoms with Gasteiger partial charge in [-0.15, -0.1) is 5.10 Å². The molecule has 1 atom stereocenters. The normalized spacial score (nSPS) is 19.3. The molecule has 2 aliphatic heterocycles. The molecule has 1 spiro atoms. The third kappa shape index (κ3) is 4.72. The summed E-state index contributed by atoms with van der Waals surface area (Å²) in [6.45, 7) is 5.63. The number of pyridine rings is 2. The Morgan fingerprint density at radius 3 is 2.90 bits per heavy atom. The van der Waals surface area contributed by atoms with Gasteiger partial charge in [-0.1, -0.05) is 17.7 Å². The molecule has 10 nitrogen and oxygen atoms in total. The predicted octanol–water partition coefficient (Wildman–Crippen LogP) is 5.10. The number of nitrogens with zero attached hydrogens (tertiary/aromatic N) is 6. The van der Waals surface area contributed by atoms with Crippen molar-refractivity contribution in [3.8, 4) is 16.9 Å². The smallest absolute Gasteiger partial charge is 0.270 e. The van der Waals surface area contributed by atoms with Crippen molar-refractivity contribution < 1.29 is 13.9 Å². The number of ether oxygens (including phenoxy) is 1. The van der Waals surface area contributed by atoms with Crippen LogP contribution >= 0.6 is 11.6 Å². The number of carbonyl (C=O) groups excluding carboxylic acids is 1. The maximum Gasteiger partial charge on any atom is 0.270 e. The topological polar surface area (TPSA) is 104 Å². The van der Waals surface area contributed by atoms with Gasteiger partial charge in [-0.25, -0.2) is 18.9 Å². The first kappa shape index (κ1) is 26.7. The summed E-state index contributed by atoms with van der Waals surface area (Å²) in [5, 5.41) is 14.7. The van der Waals surface area contributed by atoms with Gasteiger partial charge in [-0.2, -0.15) is 5.10 Å². The van der Waals surface area contributed by atoms with E-state index >= 15 is 0 Å². The minimum absolute atomic E-state index is 0.00732. The predicted molar refractivity (Wildman–Crippen MR) is 158 cm³/mol. The summed E-state index contributed by atoms with van der Waals surface area (Å²) in [7, 11) is 0. The lowest BCUT2D eigenvalue weighted by Crippen LogP contribution is -2.48. The van der Waals surface area contributed by atoms with E-state index in [-0.39, 0.29) is 16.0 Å². The molecule has 0 saturated carbocycles. The van der Waals surface area contributed by atoms with Gasteiger partial charge in [-0.05, 0) is 56.5 Å². The van der Waals surface area contributed by atoms with Crippen molar-refractivity contribution in [2.45, 2.75) is 26.2 Å². The molecule has 6 heterocycles. The highest BCUT2D eigenvalue weighted by atomic mass is 35.5. The molecule has 2 saturated heterocycles. The van der Waals surface area contributed by atoms with Crippen LogP contribution in [0.5, 0.6) is 5.75 Å². The SMILES string of the molecule is CCOc1cc(-c2ccc(N3CCCC4(CCN(NC(=O)c5c(F)cccc5Cl)C4)C3)nc2)c2c3cn[nH]c3nn2c1. The van der Waals surface area contributed by atoms with Gasteiger partial charge in [-0.3, -0.25) is 15.3 Å². The molecule has 1 amide bonds. The van der Waals surface area contributed by atoms with Gasteiger partial charge < -0.3 is 9.64 Å². The summed E-state index contributed by atoms with van der Waals surface area (Å²) in [6.07, 6.45) is 8.57. The van der Waals surface area contributed by atoms with Gasteiger partial charge in [0.25, 0.3) is 5.91 Å². The van der Waals surface area contributed by atoms with E-state index in [1.165, 1.54) is 18.2 Å². The zero-order chi connectivity index (χ0) is 28.8. The fraction of sp³-hybridized carbons (Fsp3) is 0.333. The van der Waals surface area contributed by atoms with Crippen molar-refractivity contribution in [3.63, 3.8) is 0 Å². The van der Waals surface area contributed by atoms with Crippen LogP contribution in [-0.4, -0.2) is 68.5 Å². The number of nitrogens with one attached hydrogen (secondary N) is 2. The molecule has 0 radical (unpaired) electrons. The van der Waals surface area contributed by atoms with Crippen molar-refractivity contribution >= 4 is 39.9 Å². The van der Waals surface area contributed by atoms with Crippen molar-refractivity contribution in [1.29, 1.82) is 0 Å². The number of fused-ring (bicyclic) bond motifs is 3. The first-order chi connectivity index (χ1) is 20.4. The molecule has 2 fully saturated rings. The Kier molecular flexibility index (Phi) is 6.70. The van der Waals surface area contributed by atoms with Crippen LogP contribution in [0.25, 0.3) is 27.7 Å². The van der Waals surface area contributed by atoms with Gasteiger partial charge in [0, 0.05) is 48.9 Å². The fourth-order valence-corrected chi connectivity index (χ4v) is 6.67. The van der Waals surface area contributed by atoms with Crippen LogP contribution in [0.2, 0.25) is 5.02 Å². The largest absolute Gasteiger partial charge is 0.492 e. The summed E-state index contributed by atoms with van der Waals surface area (Å²) in [4.78, 5) is 20.0. The number of hydrazine groups is 1. The van der Waals surface area contributed by atoms with Crippen LogP contribution in [0.15, 0.2) is 55.0 Å². The van der Waals surface area contributed by atoms with E-state index in [2.05, 4.69) is 37.8 Å². The summed E-state index contributed by atoms with van der Waals surface area (Å²) in [6, 6.07) is 10.4. The lowest BCUT2D eigenvalue weighted by molar-refractivity contribution is 0.0797. The Hall–Kier alpha value is -4.22. The molecule has 216 valence electrons. The Labute approximate surface area is 246 Å². The minimum atomic E-state index is -0.625. The zero-order valence-electron chi connectivity index (χ0n) is 23.1. The average molecular weight is 589 g/mol. The summed E-state index contributed by atoms with van der Waals surface area (Å²) >= 11 is 6.11. The van der Waals surface area contributed by atoms with E-state index in [9.17, 15) is 9.18 Å². The molecular formula is C30H30ClFN8O2. The number of H-pyrrole nitrogens is 1. The number of piperidine rings is 1. The van der Waals surface area contributed by atoms with E-state index in [1.54, 1.807) is 6.20 Å². The molecule has 1 aromatic carbocycles. The molecule has 4 aromatic heterocycles. The summed E-state index contributed by atoms with van der Waals surface area (Å²) < 4.78 is 21.9. The van der Waals surface area contributed by atoms with Crippen LogP contribution < -0.4 is 15.1 Å². The second-order valence-corrected chi connectivity index (χ2v) is 11.5. The highest BCUT2D eigenvalue weighted by Gasteiger charge is 2.42. The van der Waals surface area contributed by atoms with Crippen LogP contribution in [-0.2, 0) is 0 Å². The number of carbonyl (C=O) groups is 1. The van der Waals surface area contributed by atoms with Crippen LogP contribution in [0.4, 0.5) is 10.2 Å². The third-order valence-corrected chi connectivity index (χ3v) is 8.66. The third-order valence-electron chi connectivity index (χ3n) is 8.35. The van der Waals surface area contributed by atoms with Gasteiger partial charge >= 0.3 is 0 Å². The number of anilines is 1. The Bertz CT molecular complexity index is 1770. The van der Waals surface area contributed by atoms with Crippen molar-refractivity contribution in [3.05, 3.63) is 71.4 Å². The lowest BCUT2D eigenvalue weighted by atomic mass is 9.79. The number of benzene rings is 1. The molecule has 0 bridgehead atoms. The van der Waals surface area contributed by atoms with Gasteiger partial charge in [0.1, 0.15) is 17.4 Å². The van der Waals surface area contributed by atoms with Crippen LogP contribution in [0.3, 0.4) is 0 Å². The number of aromatic amines is 1. The average Bonchev–Trinajstić information content (AvgIpc) is 3.68. The second kappa shape index (κ2) is 10.6. The van der Waals surface area contributed by atoms with Crippen molar-refractivity contribution in [2.24, 2.45) is 5.41 Å². The first-order valence-electron chi connectivity index (χ1n) is 14.1. The zero-order valence-corrected chi connectivity index (χ0v) is 23.9. The molecule has 7 rings (SSSR count). The number of halogens is 2. The number of hydrogen-bond donors (Lipinski definition) is 2. The summed E-state index contributed by atoms with van der Waals surface area (Å²) in [5.74, 6) is 0.501. The minimum Gasteiger partial charge on any atom is -0.492 e. The van der Waals surface area contributed by atoms with E-state index in [0.29, 0.717) is 25.3 Å². The maximum absolute atomic E-state index is 14.3. The van der Waals surface area contributed by atoms with Gasteiger partial charge in [0.05, 0.1) is 40.5 Å². The highest BCUT2D eigenvalue weighted by Crippen LogP contribution is 2.40. The Balaban J connectivity index is 1.09. The molecule has 2 N–H and O–H groups in total. The molecule has 1 unspecified atom stereocenters. The molecule has 42 heavy (non-hydrogen) atoms.